The van der Waals surface area contributed by atoms with Crippen molar-refractivity contribution in [2.75, 3.05) is 23.4 Å². The smallest absolute Gasteiger partial charge is 0.150 e. The number of hydrogen-bond donors (Lipinski definition) is 1. The summed E-state index contributed by atoms with van der Waals surface area (Å²) >= 11 is 0. The van der Waals surface area contributed by atoms with Gasteiger partial charge in [-0.05, 0) is 43.7 Å². The van der Waals surface area contributed by atoms with E-state index >= 15 is 0 Å². The van der Waals surface area contributed by atoms with Gasteiger partial charge in [0.2, 0.25) is 0 Å². The number of nitrogens with zero attached hydrogens (tertiary/aromatic N) is 1. The molecule has 0 aliphatic carbocycles. The summed E-state index contributed by atoms with van der Waals surface area (Å²) in [7, 11) is -2.79. The molecule has 1 aliphatic rings. The van der Waals surface area contributed by atoms with Gasteiger partial charge in [-0.3, -0.25) is 4.98 Å². The minimum atomic E-state index is -2.79. The number of benzene rings is 1. The summed E-state index contributed by atoms with van der Waals surface area (Å²) in [5, 5.41) is 4.76. The van der Waals surface area contributed by atoms with Crippen LogP contribution >= 0.6 is 0 Å². The third-order valence-electron chi connectivity index (χ3n) is 4.80. The van der Waals surface area contributed by atoms with E-state index in [1.807, 2.05) is 18.2 Å². The maximum absolute atomic E-state index is 11.6. The number of para-hydroxylation sites is 1. The van der Waals surface area contributed by atoms with Crippen LogP contribution in [0.5, 0.6) is 0 Å². The zero-order valence-electron chi connectivity index (χ0n) is 13.8. The van der Waals surface area contributed by atoms with Crippen molar-refractivity contribution in [2.24, 2.45) is 5.92 Å². The highest BCUT2D eigenvalue weighted by atomic mass is 32.2. The van der Waals surface area contributed by atoms with Gasteiger partial charge < -0.3 is 5.32 Å². The SMILES string of the molecule is CCc1c(C)nc2ccccc2c1NCC1CCS(=O)(=O)CC1. The number of aromatic nitrogens is 1. The zero-order chi connectivity index (χ0) is 16.4. The van der Waals surface area contributed by atoms with E-state index in [0.29, 0.717) is 17.4 Å². The summed E-state index contributed by atoms with van der Waals surface area (Å²) in [5.74, 6) is 1.09. The lowest BCUT2D eigenvalue weighted by Gasteiger charge is -2.24. The van der Waals surface area contributed by atoms with E-state index < -0.39 is 9.84 Å². The van der Waals surface area contributed by atoms with Crippen molar-refractivity contribution >= 4 is 26.4 Å². The summed E-state index contributed by atoms with van der Waals surface area (Å²) in [6, 6.07) is 8.20. The Labute approximate surface area is 138 Å². The quantitative estimate of drug-likeness (QED) is 0.933. The molecular formula is C18H24N2O2S. The van der Waals surface area contributed by atoms with Crippen molar-refractivity contribution < 1.29 is 8.42 Å². The van der Waals surface area contributed by atoms with E-state index in [2.05, 4.69) is 25.2 Å². The fraction of sp³-hybridized carbons (Fsp3) is 0.500. The predicted molar refractivity (Wildman–Crippen MR) is 95.7 cm³/mol. The van der Waals surface area contributed by atoms with E-state index in [1.165, 1.54) is 11.3 Å². The number of anilines is 1. The maximum Gasteiger partial charge on any atom is 0.150 e. The van der Waals surface area contributed by atoms with Crippen LogP contribution < -0.4 is 5.32 Å². The molecule has 2 aromatic rings. The lowest BCUT2D eigenvalue weighted by Crippen LogP contribution is -2.27. The fourth-order valence-corrected chi connectivity index (χ4v) is 4.99. The van der Waals surface area contributed by atoms with Crippen LogP contribution in [0.2, 0.25) is 0 Å². The van der Waals surface area contributed by atoms with E-state index in [-0.39, 0.29) is 0 Å². The first-order valence-corrected chi connectivity index (χ1v) is 10.1. The van der Waals surface area contributed by atoms with Crippen molar-refractivity contribution in [3.8, 4) is 0 Å². The van der Waals surface area contributed by atoms with Crippen LogP contribution in [-0.4, -0.2) is 31.5 Å². The molecule has 23 heavy (non-hydrogen) atoms. The second-order valence-electron chi connectivity index (χ2n) is 6.40. The molecule has 0 spiro atoms. The van der Waals surface area contributed by atoms with E-state index in [0.717, 1.165) is 42.4 Å². The summed E-state index contributed by atoms with van der Waals surface area (Å²) in [4.78, 5) is 4.70. The Morgan fingerprint density at radius 3 is 2.61 bits per heavy atom. The normalized spacial score (nSPS) is 18.2. The number of nitrogens with one attached hydrogen (secondary N) is 1. The van der Waals surface area contributed by atoms with Gasteiger partial charge in [0.25, 0.3) is 0 Å². The molecular weight excluding hydrogens is 308 g/mol. The predicted octanol–water partition coefficient (Wildman–Crippen LogP) is 3.34. The second-order valence-corrected chi connectivity index (χ2v) is 8.70. The molecule has 1 aromatic heterocycles. The summed E-state index contributed by atoms with van der Waals surface area (Å²) in [6.45, 7) is 5.04. The Morgan fingerprint density at radius 1 is 1.22 bits per heavy atom. The highest BCUT2D eigenvalue weighted by Gasteiger charge is 2.23. The van der Waals surface area contributed by atoms with Crippen LogP contribution in [-0.2, 0) is 16.3 Å². The molecule has 3 rings (SSSR count). The Hall–Kier alpha value is -1.62. The molecule has 1 aliphatic heterocycles. The first kappa shape index (κ1) is 16.2. The molecule has 0 bridgehead atoms. The molecule has 124 valence electrons. The molecule has 4 nitrogen and oxygen atoms in total. The van der Waals surface area contributed by atoms with Gasteiger partial charge >= 0.3 is 0 Å². The van der Waals surface area contributed by atoms with Crippen LogP contribution in [0.25, 0.3) is 10.9 Å². The number of sulfone groups is 1. The Morgan fingerprint density at radius 2 is 1.91 bits per heavy atom. The second kappa shape index (κ2) is 6.48. The minimum absolute atomic E-state index is 0.329. The van der Waals surface area contributed by atoms with Gasteiger partial charge in [-0.2, -0.15) is 0 Å². The third kappa shape index (κ3) is 3.50. The number of pyridine rings is 1. The molecule has 5 heteroatoms. The summed E-state index contributed by atoms with van der Waals surface area (Å²) in [6.07, 6.45) is 2.46. The van der Waals surface area contributed by atoms with E-state index in [4.69, 9.17) is 4.98 Å². The lowest BCUT2D eigenvalue weighted by molar-refractivity contribution is 0.484. The van der Waals surface area contributed by atoms with Gasteiger partial charge in [-0.15, -0.1) is 0 Å². The Kier molecular flexibility index (Phi) is 4.57. The van der Waals surface area contributed by atoms with Crippen LogP contribution in [0.1, 0.15) is 31.0 Å². The van der Waals surface area contributed by atoms with Gasteiger partial charge in [0.05, 0.1) is 17.0 Å². The molecule has 1 saturated heterocycles. The molecule has 0 unspecified atom stereocenters. The van der Waals surface area contributed by atoms with Crippen molar-refractivity contribution in [1.29, 1.82) is 0 Å². The average molecular weight is 332 g/mol. The van der Waals surface area contributed by atoms with Crippen molar-refractivity contribution in [2.45, 2.75) is 33.1 Å². The van der Waals surface area contributed by atoms with Crippen molar-refractivity contribution in [1.82, 2.24) is 4.98 Å². The van der Waals surface area contributed by atoms with Crippen LogP contribution in [0, 0.1) is 12.8 Å². The van der Waals surface area contributed by atoms with Gasteiger partial charge in [0.15, 0.2) is 0 Å². The summed E-state index contributed by atoms with van der Waals surface area (Å²) < 4.78 is 23.1. The topological polar surface area (TPSA) is 59.1 Å². The molecule has 1 fully saturated rings. The molecule has 0 atom stereocenters. The Bertz CT molecular complexity index is 801. The highest BCUT2D eigenvalue weighted by Crippen LogP contribution is 2.30. The van der Waals surface area contributed by atoms with Crippen molar-refractivity contribution in [3.05, 3.63) is 35.5 Å². The standard InChI is InChI=1S/C18H24N2O2S/c1-3-15-13(2)20-17-7-5-4-6-16(17)18(15)19-12-14-8-10-23(21,22)11-9-14/h4-7,14H,3,8-12H2,1-2H3,(H,19,20). The zero-order valence-corrected chi connectivity index (χ0v) is 14.6. The van der Waals surface area contributed by atoms with Crippen LogP contribution in [0.4, 0.5) is 5.69 Å². The van der Waals surface area contributed by atoms with Crippen molar-refractivity contribution in [3.63, 3.8) is 0 Å². The van der Waals surface area contributed by atoms with Gasteiger partial charge in [0, 0.05) is 23.3 Å². The third-order valence-corrected chi connectivity index (χ3v) is 6.51. The summed E-state index contributed by atoms with van der Waals surface area (Å²) in [5.41, 5.74) is 4.51. The molecule has 1 N–H and O–H groups in total. The minimum Gasteiger partial charge on any atom is -0.384 e. The van der Waals surface area contributed by atoms with E-state index in [9.17, 15) is 8.42 Å². The number of fused-ring (bicyclic) bond motifs is 1. The van der Waals surface area contributed by atoms with Crippen LogP contribution in [0.15, 0.2) is 24.3 Å². The fourth-order valence-electron chi connectivity index (χ4n) is 3.40. The maximum atomic E-state index is 11.6. The average Bonchev–Trinajstić information content (AvgIpc) is 2.53. The molecule has 0 amide bonds. The largest absolute Gasteiger partial charge is 0.384 e. The number of aryl methyl sites for hydroxylation is 1. The number of rotatable bonds is 4. The Balaban J connectivity index is 1.84. The monoisotopic (exact) mass is 332 g/mol. The lowest BCUT2D eigenvalue weighted by atomic mass is 10.0. The van der Waals surface area contributed by atoms with E-state index in [1.54, 1.807) is 0 Å². The molecule has 0 saturated carbocycles. The first-order chi connectivity index (χ1) is 11.0. The number of hydrogen-bond acceptors (Lipinski definition) is 4. The van der Waals surface area contributed by atoms with Gasteiger partial charge in [-0.1, -0.05) is 25.1 Å². The highest BCUT2D eigenvalue weighted by molar-refractivity contribution is 7.91. The van der Waals surface area contributed by atoms with Gasteiger partial charge in [-0.25, -0.2) is 8.42 Å². The van der Waals surface area contributed by atoms with Crippen LogP contribution in [0.3, 0.4) is 0 Å². The molecule has 1 aromatic carbocycles. The first-order valence-electron chi connectivity index (χ1n) is 8.32. The molecule has 2 heterocycles. The van der Waals surface area contributed by atoms with Gasteiger partial charge in [0.1, 0.15) is 9.84 Å². The molecule has 0 radical (unpaired) electrons.